The molecule has 0 radical (unpaired) electrons. The van der Waals surface area contributed by atoms with Gasteiger partial charge in [0.2, 0.25) is 0 Å². The fourth-order valence-electron chi connectivity index (χ4n) is 3.37. The summed E-state index contributed by atoms with van der Waals surface area (Å²) in [5, 5.41) is 6.54. The second-order valence-corrected chi connectivity index (χ2v) is 7.93. The smallest absolute Gasteiger partial charge is 0.254 e. The molecule has 1 fully saturated rings. The number of halogens is 2. The van der Waals surface area contributed by atoms with Crippen molar-refractivity contribution in [1.29, 1.82) is 0 Å². The zero-order chi connectivity index (χ0) is 15.8. The van der Waals surface area contributed by atoms with E-state index in [-0.39, 0.29) is 28.6 Å². The number of carbonyl (C=O) groups excluding carboxylic acids is 1. The fraction of sp³-hybridized carbons (Fsp3) is 0.562. The number of hydrogen-bond donors (Lipinski definition) is 2. The van der Waals surface area contributed by atoms with Crippen molar-refractivity contribution >= 4 is 21.8 Å². The second-order valence-electron chi connectivity index (χ2n) is 7.07. The molecular formula is C16H22BrFN2O. The minimum atomic E-state index is -0.512. The van der Waals surface area contributed by atoms with Gasteiger partial charge in [-0.25, -0.2) is 4.39 Å². The van der Waals surface area contributed by atoms with E-state index >= 15 is 0 Å². The van der Waals surface area contributed by atoms with Crippen molar-refractivity contribution in [3.05, 3.63) is 34.1 Å². The number of piperidine rings is 1. The summed E-state index contributed by atoms with van der Waals surface area (Å²) in [6, 6.07) is 4.79. The molecule has 0 aliphatic carbocycles. The van der Waals surface area contributed by atoms with Crippen molar-refractivity contribution in [2.75, 3.05) is 0 Å². The molecule has 1 saturated heterocycles. The van der Waals surface area contributed by atoms with Crippen molar-refractivity contribution in [2.45, 2.75) is 57.7 Å². The van der Waals surface area contributed by atoms with Crippen LogP contribution in [0.1, 0.15) is 50.9 Å². The normalized spacial score (nSPS) is 21.0. The predicted molar refractivity (Wildman–Crippen MR) is 85.9 cm³/mol. The van der Waals surface area contributed by atoms with Crippen LogP contribution in [0.3, 0.4) is 0 Å². The van der Waals surface area contributed by atoms with Crippen LogP contribution in [-0.2, 0) is 0 Å². The maximum absolute atomic E-state index is 14.0. The quantitative estimate of drug-likeness (QED) is 0.849. The maximum atomic E-state index is 14.0. The van der Waals surface area contributed by atoms with Crippen molar-refractivity contribution < 1.29 is 9.18 Å². The lowest BCUT2D eigenvalue weighted by atomic mass is 9.79. The maximum Gasteiger partial charge on any atom is 0.254 e. The molecule has 0 aromatic heterocycles. The summed E-state index contributed by atoms with van der Waals surface area (Å²) < 4.78 is 14.3. The number of nitrogens with one attached hydrogen (secondary N) is 2. The summed E-state index contributed by atoms with van der Waals surface area (Å²) in [6.07, 6.45) is 1.63. The van der Waals surface area contributed by atoms with E-state index in [9.17, 15) is 9.18 Å². The van der Waals surface area contributed by atoms with Crippen LogP contribution in [-0.4, -0.2) is 23.0 Å². The Balaban J connectivity index is 2.14. The van der Waals surface area contributed by atoms with Gasteiger partial charge in [0, 0.05) is 17.1 Å². The lowest BCUT2D eigenvalue weighted by Crippen LogP contribution is -2.62. The number of hydrogen-bond acceptors (Lipinski definition) is 2. The van der Waals surface area contributed by atoms with Crippen LogP contribution in [0.5, 0.6) is 0 Å². The average Bonchev–Trinajstić information content (AvgIpc) is 2.28. The minimum absolute atomic E-state index is 0.0298. The molecule has 0 saturated carbocycles. The molecule has 1 amide bonds. The molecule has 1 heterocycles. The predicted octanol–water partition coefficient (Wildman–Crippen LogP) is 3.63. The molecular weight excluding hydrogens is 335 g/mol. The Bertz CT molecular complexity index is 541. The highest BCUT2D eigenvalue weighted by atomic mass is 79.9. The monoisotopic (exact) mass is 356 g/mol. The highest BCUT2D eigenvalue weighted by Crippen LogP contribution is 2.29. The summed E-state index contributed by atoms with van der Waals surface area (Å²) >= 11 is 3.11. The zero-order valence-corrected chi connectivity index (χ0v) is 14.5. The van der Waals surface area contributed by atoms with Gasteiger partial charge in [-0.3, -0.25) is 4.79 Å². The highest BCUT2D eigenvalue weighted by molar-refractivity contribution is 9.10. The van der Waals surface area contributed by atoms with Crippen molar-refractivity contribution in [3.63, 3.8) is 0 Å². The van der Waals surface area contributed by atoms with Crippen molar-refractivity contribution in [3.8, 4) is 0 Å². The van der Waals surface area contributed by atoms with Crippen LogP contribution >= 0.6 is 15.9 Å². The number of rotatable bonds is 2. The number of amides is 1. The van der Waals surface area contributed by atoms with E-state index in [1.165, 1.54) is 6.07 Å². The first kappa shape index (κ1) is 16.4. The third-order valence-electron chi connectivity index (χ3n) is 3.72. The SMILES string of the molecule is CC1(C)CC(NC(=O)c2cccc(Br)c2F)CC(C)(C)N1. The highest BCUT2D eigenvalue weighted by Gasteiger charge is 2.38. The molecule has 0 unspecified atom stereocenters. The summed E-state index contributed by atoms with van der Waals surface area (Å²) in [7, 11) is 0. The van der Waals surface area contributed by atoms with Crippen molar-refractivity contribution in [2.24, 2.45) is 0 Å². The fourth-order valence-corrected chi connectivity index (χ4v) is 3.73. The molecule has 1 aliphatic rings. The van der Waals surface area contributed by atoms with E-state index < -0.39 is 5.82 Å². The van der Waals surface area contributed by atoms with Gasteiger partial charge in [-0.1, -0.05) is 6.07 Å². The van der Waals surface area contributed by atoms with Crippen LogP contribution in [0.15, 0.2) is 22.7 Å². The first-order chi connectivity index (χ1) is 9.60. The molecule has 0 spiro atoms. The van der Waals surface area contributed by atoms with Gasteiger partial charge < -0.3 is 10.6 Å². The average molecular weight is 357 g/mol. The van der Waals surface area contributed by atoms with Gasteiger partial charge in [0.1, 0.15) is 5.82 Å². The molecule has 0 bridgehead atoms. The van der Waals surface area contributed by atoms with Crippen LogP contribution < -0.4 is 10.6 Å². The van der Waals surface area contributed by atoms with E-state index in [1.807, 2.05) is 0 Å². The van der Waals surface area contributed by atoms with E-state index in [2.05, 4.69) is 54.3 Å². The molecule has 1 aromatic carbocycles. The van der Waals surface area contributed by atoms with Crippen LogP contribution in [0.4, 0.5) is 4.39 Å². The van der Waals surface area contributed by atoms with Gasteiger partial charge >= 0.3 is 0 Å². The zero-order valence-electron chi connectivity index (χ0n) is 12.9. The Hall–Kier alpha value is -0.940. The Morgan fingerprint density at radius 3 is 2.43 bits per heavy atom. The Kier molecular flexibility index (Phi) is 4.45. The van der Waals surface area contributed by atoms with Gasteiger partial charge in [-0.2, -0.15) is 0 Å². The molecule has 21 heavy (non-hydrogen) atoms. The molecule has 3 nitrogen and oxygen atoms in total. The van der Waals surface area contributed by atoms with Crippen LogP contribution in [0.25, 0.3) is 0 Å². The van der Waals surface area contributed by atoms with Crippen molar-refractivity contribution in [1.82, 2.24) is 10.6 Å². The van der Waals surface area contributed by atoms with Crippen LogP contribution in [0, 0.1) is 5.82 Å². The lowest BCUT2D eigenvalue weighted by molar-refractivity contribution is 0.0869. The second kappa shape index (κ2) is 5.69. The van der Waals surface area contributed by atoms with E-state index in [0.29, 0.717) is 4.47 Å². The van der Waals surface area contributed by atoms with Gasteiger partial charge in [0.25, 0.3) is 5.91 Å². The van der Waals surface area contributed by atoms with Gasteiger partial charge in [0.15, 0.2) is 0 Å². The molecule has 0 atom stereocenters. The Morgan fingerprint density at radius 1 is 1.29 bits per heavy atom. The Morgan fingerprint density at radius 2 is 1.86 bits per heavy atom. The molecule has 116 valence electrons. The third-order valence-corrected chi connectivity index (χ3v) is 4.33. The number of benzene rings is 1. The van der Waals surface area contributed by atoms with Gasteiger partial charge in [-0.15, -0.1) is 0 Å². The van der Waals surface area contributed by atoms with Crippen LogP contribution in [0.2, 0.25) is 0 Å². The summed E-state index contributed by atoms with van der Waals surface area (Å²) in [4.78, 5) is 12.3. The molecule has 1 aliphatic heterocycles. The minimum Gasteiger partial charge on any atom is -0.349 e. The first-order valence-electron chi connectivity index (χ1n) is 7.14. The first-order valence-corrected chi connectivity index (χ1v) is 7.93. The van der Waals surface area contributed by atoms with E-state index in [0.717, 1.165) is 12.8 Å². The summed E-state index contributed by atoms with van der Waals surface area (Å²) in [5.74, 6) is -0.866. The van der Waals surface area contributed by atoms with Gasteiger partial charge in [-0.05, 0) is 68.6 Å². The third kappa shape index (κ3) is 4.04. The molecule has 1 aromatic rings. The largest absolute Gasteiger partial charge is 0.349 e. The summed E-state index contributed by atoms with van der Waals surface area (Å²) in [5.41, 5.74) is -0.0381. The van der Waals surface area contributed by atoms with E-state index in [4.69, 9.17) is 0 Å². The standard InChI is InChI=1S/C16H22BrFN2O/c1-15(2)8-10(9-16(3,4)20-15)19-14(21)11-6-5-7-12(17)13(11)18/h5-7,10,20H,8-9H2,1-4H3,(H,19,21). The summed E-state index contributed by atoms with van der Waals surface area (Å²) in [6.45, 7) is 8.47. The Labute approximate surface area is 133 Å². The number of carbonyl (C=O) groups is 1. The molecule has 2 N–H and O–H groups in total. The van der Waals surface area contributed by atoms with E-state index in [1.54, 1.807) is 12.1 Å². The molecule has 2 rings (SSSR count). The topological polar surface area (TPSA) is 41.1 Å². The van der Waals surface area contributed by atoms with Gasteiger partial charge in [0.05, 0.1) is 10.0 Å². The lowest BCUT2D eigenvalue weighted by Gasteiger charge is -2.46. The molecule has 5 heteroatoms.